The van der Waals surface area contributed by atoms with Crippen LogP contribution in [0.5, 0.6) is 0 Å². The maximum absolute atomic E-state index is 13.0. The average Bonchev–Trinajstić information content (AvgIpc) is 3.23. The largest absolute Gasteiger partial charge is 0.478 e. The summed E-state index contributed by atoms with van der Waals surface area (Å²) in [6.07, 6.45) is 0. The Balaban J connectivity index is 1.55. The number of rotatable bonds is 5. The first-order chi connectivity index (χ1) is 15.7. The highest BCUT2D eigenvalue weighted by Crippen LogP contribution is 2.28. The number of carbonyl (C=O) groups excluding carboxylic acids is 2. The number of anilines is 2. The molecule has 0 saturated carbocycles. The molecule has 0 fully saturated rings. The molecule has 0 spiro atoms. The van der Waals surface area contributed by atoms with Gasteiger partial charge >= 0.3 is 5.97 Å². The Hall–Kier alpha value is -4.21. The molecule has 0 aliphatic carbocycles. The van der Waals surface area contributed by atoms with Crippen LogP contribution < -0.4 is 10.0 Å². The molecule has 2 amide bonds. The number of hydrogen-bond acceptors (Lipinski definition) is 7. The highest BCUT2D eigenvalue weighted by molar-refractivity contribution is 6.20. The van der Waals surface area contributed by atoms with Gasteiger partial charge in [0.2, 0.25) is 0 Å². The summed E-state index contributed by atoms with van der Waals surface area (Å²) < 4.78 is 0. The molecule has 10 heteroatoms. The van der Waals surface area contributed by atoms with Crippen molar-refractivity contribution >= 4 is 40.6 Å². The fourth-order valence-corrected chi connectivity index (χ4v) is 3.57. The van der Waals surface area contributed by atoms with Gasteiger partial charge in [-0.15, -0.1) is 0 Å². The van der Waals surface area contributed by atoms with E-state index in [1.807, 2.05) is 32.0 Å². The molecule has 2 aromatic carbocycles. The van der Waals surface area contributed by atoms with Crippen LogP contribution >= 0.6 is 0 Å². The Morgan fingerprint density at radius 1 is 0.848 bits per heavy atom. The lowest BCUT2D eigenvalue weighted by Gasteiger charge is -2.15. The SMILES string of the molecule is CC1=NN(c2ccc(C)c(C)c2)C(=O)C1N=NC1C(=O)N(c2ccccc2C(=O)O)N=C1C. The van der Waals surface area contributed by atoms with E-state index in [4.69, 9.17) is 0 Å². The van der Waals surface area contributed by atoms with Crippen LogP contribution in [0, 0.1) is 13.8 Å². The second kappa shape index (κ2) is 8.38. The van der Waals surface area contributed by atoms with Gasteiger partial charge in [-0.1, -0.05) is 18.2 Å². The van der Waals surface area contributed by atoms with Gasteiger partial charge in [-0.25, -0.2) is 4.79 Å². The Bertz CT molecular complexity index is 1270. The standard InChI is InChI=1S/C23H22N6O4/c1-12-9-10-16(11-13(12)2)28-21(30)19(14(3)26-28)24-25-20-15(4)27-29(22(20)31)18-8-6-5-7-17(18)23(32)33/h5-11,19-20H,1-4H3,(H,32,33). The third-order valence-corrected chi connectivity index (χ3v) is 5.59. The van der Waals surface area contributed by atoms with E-state index < -0.39 is 24.0 Å². The number of hydrazone groups is 2. The molecule has 2 aliphatic heterocycles. The van der Waals surface area contributed by atoms with Crippen LogP contribution in [0.15, 0.2) is 62.9 Å². The maximum atomic E-state index is 13.0. The fraction of sp³-hybridized carbons (Fsp3) is 0.261. The van der Waals surface area contributed by atoms with Crippen LogP contribution in [0.3, 0.4) is 0 Å². The van der Waals surface area contributed by atoms with Crippen LogP contribution in [0.2, 0.25) is 0 Å². The Labute approximate surface area is 189 Å². The number of benzene rings is 2. The van der Waals surface area contributed by atoms with Crippen molar-refractivity contribution in [3.63, 3.8) is 0 Å². The van der Waals surface area contributed by atoms with Gasteiger partial charge in [-0.2, -0.15) is 30.4 Å². The zero-order valence-electron chi connectivity index (χ0n) is 18.6. The number of aromatic carboxylic acids is 1. The minimum Gasteiger partial charge on any atom is -0.478 e. The zero-order valence-corrected chi connectivity index (χ0v) is 18.6. The second-order valence-electron chi connectivity index (χ2n) is 7.91. The normalized spacial score (nSPS) is 20.6. The molecule has 2 heterocycles. The summed E-state index contributed by atoms with van der Waals surface area (Å²) in [5.41, 5.74) is 3.64. The Morgan fingerprint density at radius 2 is 1.42 bits per heavy atom. The summed E-state index contributed by atoms with van der Waals surface area (Å²) in [7, 11) is 0. The van der Waals surface area contributed by atoms with Crippen LogP contribution in [-0.2, 0) is 9.59 Å². The molecule has 2 unspecified atom stereocenters. The number of azo groups is 1. The van der Waals surface area contributed by atoms with Crippen LogP contribution in [0.1, 0.15) is 35.3 Å². The molecule has 33 heavy (non-hydrogen) atoms. The maximum Gasteiger partial charge on any atom is 0.337 e. The number of carbonyl (C=O) groups is 3. The lowest BCUT2D eigenvalue weighted by atomic mass is 10.1. The molecule has 4 rings (SSSR count). The van der Waals surface area contributed by atoms with E-state index in [0.717, 1.165) is 16.1 Å². The number of carboxylic acid groups (broad SMARTS) is 1. The molecule has 0 bridgehead atoms. The van der Waals surface area contributed by atoms with Crippen molar-refractivity contribution in [1.29, 1.82) is 0 Å². The summed E-state index contributed by atoms with van der Waals surface area (Å²) in [4.78, 5) is 37.4. The van der Waals surface area contributed by atoms with Gasteiger partial charge in [-0.05, 0) is 63.1 Å². The molecule has 0 saturated heterocycles. The van der Waals surface area contributed by atoms with Crippen LogP contribution in [0.25, 0.3) is 0 Å². The van der Waals surface area contributed by atoms with E-state index in [9.17, 15) is 19.5 Å². The second-order valence-corrected chi connectivity index (χ2v) is 7.91. The molecule has 2 aliphatic rings. The fourth-order valence-electron chi connectivity index (χ4n) is 3.57. The highest BCUT2D eigenvalue weighted by atomic mass is 16.4. The summed E-state index contributed by atoms with van der Waals surface area (Å²) in [5.74, 6) is -2.09. The third kappa shape index (κ3) is 3.91. The van der Waals surface area contributed by atoms with Gasteiger partial charge in [-0.3, -0.25) is 9.59 Å². The van der Waals surface area contributed by atoms with Crippen molar-refractivity contribution in [1.82, 2.24) is 0 Å². The monoisotopic (exact) mass is 446 g/mol. The van der Waals surface area contributed by atoms with E-state index in [1.54, 1.807) is 26.0 Å². The van der Waals surface area contributed by atoms with Gasteiger partial charge in [0.25, 0.3) is 11.8 Å². The summed E-state index contributed by atoms with van der Waals surface area (Å²) >= 11 is 0. The quantitative estimate of drug-likeness (QED) is 0.707. The van der Waals surface area contributed by atoms with Gasteiger partial charge in [0, 0.05) is 0 Å². The van der Waals surface area contributed by atoms with Crippen molar-refractivity contribution in [3.8, 4) is 0 Å². The first-order valence-corrected chi connectivity index (χ1v) is 10.3. The predicted molar refractivity (Wildman–Crippen MR) is 123 cm³/mol. The summed E-state index contributed by atoms with van der Waals surface area (Å²) in [6, 6.07) is 9.67. The predicted octanol–water partition coefficient (Wildman–Crippen LogP) is 3.34. The van der Waals surface area contributed by atoms with Crippen molar-refractivity contribution < 1.29 is 19.5 Å². The summed E-state index contributed by atoms with van der Waals surface area (Å²) in [5, 5.41) is 28.5. The number of hydrogen-bond donors (Lipinski definition) is 1. The summed E-state index contributed by atoms with van der Waals surface area (Å²) in [6.45, 7) is 7.21. The molecule has 0 aromatic heterocycles. The highest BCUT2D eigenvalue weighted by Gasteiger charge is 2.39. The molecule has 2 aromatic rings. The van der Waals surface area contributed by atoms with E-state index in [-0.39, 0.29) is 17.2 Å². The van der Waals surface area contributed by atoms with Crippen molar-refractivity contribution in [2.75, 3.05) is 10.0 Å². The van der Waals surface area contributed by atoms with Gasteiger partial charge in [0.1, 0.15) is 0 Å². The Kier molecular flexibility index (Phi) is 5.59. The minimum absolute atomic E-state index is 0.0574. The number of para-hydroxylation sites is 1. The van der Waals surface area contributed by atoms with E-state index in [0.29, 0.717) is 17.1 Å². The lowest BCUT2D eigenvalue weighted by molar-refractivity contribution is -0.119. The van der Waals surface area contributed by atoms with Crippen molar-refractivity contribution in [2.24, 2.45) is 20.4 Å². The molecular weight excluding hydrogens is 424 g/mol. The van der Waals surface area contributed by atoms with E-state index in [1.165, 1.54) is 17.1 Å². The topological polar surface area (TPSA) is 127 Å². The molecular formula is C23H22N6O4. The van der Waals surface area contributed by atoms with Gasteiger partial charge < -0.3 is 5.11 Å². The van der Waals surface area contributed by atoms with Crippen LogP contribution in [0.4, 0.5) is 11.4 Å². The molecule has 10 nitrogen and oxygen atoms in total. The molecule has 0 radical (unpaired) electrons. The van der Waals surface area contributed by atoms with Gasteiger partial charge in [0.15, 0.2) is 12.1 Å². The van der Waals surface area contributed by atoms with E-state index in [2.05, 4.69) is 20.4 Å². The third-order valence-electron chi connectivity index (χ3n) is 5.59. The van der Waals surface area contributed by atoms with E-state index >= 15 is 0 Å². The lowest BCUT2D eigenvalue weighted by Crippen LogP contribution is -2.32. The minimum atomic E-state index is -1.17. The number of nitrogens with zero attached hydrogens (tertiary/aromatic N) is 6. The van der Waals surface area contributed by atoms with Gasteiger partial charge in [0.05, 0.1) is 28.4 Å². The van der Waals surface area contributed by atoms with Crippen molar-refractivity contribution in [2.45, 2.75) is 39.8 Å². The number of aryl methyl sites for hydroxylation is 2. The van der Waals surface area contributed by atoms with Crippen molar-refractivity contribution in [3.05, 3.63) is 59.2 Å². The Morgan fingerprint density at radius 3 is 2.03 bits per heavy atom. The average molecular weight is 446 g/mol. The first kappa shape index (κ1) is 22.0. The number of carboxylic acids is 1. The molecule has 1 N–H and O–H groups in total. The molecule has 2 atom stereocenters. The van der Waals surface area contributed by atoms with Crippen LogP contribution in [-0.4, -0.2) is 46.4 Å². The number of amides is 2. The molecule has 168 valence electrons. The smallest absolute Gasteiger partial charge is 0.337 e. The first-order valence-electron chi connectivity index (χ1n) is 10.3. The zero-order chi connectivity index (χ0) is 23.9.